The first kappa shape index (κ1) is 14.2. The zero-order valence-electron chi connectivity index (χ0n) is 11.8. The number of hydrogen-bond donors (Lipinski definition) is 0. The Kier molecular flexibility index (Phi) is 3.73. The Morgan fingerprint density at radius 3 is 2.95 bits per heavy atom. The maximum Gasteiger partial charge on any atom is 0.299 e. The van der Waals surface area contributed by atoms with Crippen LogP contribution in [-0.4, -0.2) is 55.5 Å². The molecule has 21 heavy (non-hydrogen) atoms. The molecule has 0 N–H and O–H groups in total. The predicted octanol–water partition coefficient (Wildman–Crippen LogP) is 1.08. The third-order valence-corrected chi connectivity index (χ3v) is 4.00. The minimum Gasteiger partial charge on any atom is -0.374 e. The Bertz CT molecular complexity index is 590. The maximum atomic E-state index is 14.0. The molecule has 0 bridgehead atoms. The molecule has 1 aromatic carbocycles. The Balaban J connectivity index is 1.83. The van der Waals surface area contributed by atoms with Gasteiger partial charge in [0, 0.05) is 13.1 Å². The van der Waals surface area contributed by atoms with E-state index in [2.05, 4.69) is 11.8 Å². The van der Waals surface area contributed by atoms with Crippen LogP contribution in [0.3, 0.4) is 0 Å². The topological polar surface area (TPSA) is 49.9 Å². The monoisotopic (exact) mass is 292 g/mol. The summed E-state index contributed by atoms with van der Waals surface area (Å²) in [7, 11) is 0. The average molecular weight is 292 g/mol. The molecule has 1 unspecified atom stereocenters. The lowest BCUT2D eigenvalue weighted by molar-refractivity contribution is -0.115. The largest absolute Gasteiger partial charge is 0.374 e. The zero-order chi connectivity index (χ0) is 15.0. The van der Waals surface area contributed by atoms with Gasteiger partial charge in [0.2, 0.25) is 0 Å². The quantitative estimate of drug-likeness (QED) is 0.782. The van der Waals surface area contributed by atoms with E-state index in [9.17, 15) is 14.0 Å². The van der Waals surface area contributed by atoms with Gasteiger partial charge in [-0.25, -0.2) is 4.39 Å². The Morgan fingerprint density at radius 2 is 2.19 bits per heavy atom. The highest BCUT2D eigenvalue weighted by molar-refractivity contribution is 6.52. The molecular formula is C15H17FN2O3. The number of anilines is 1. The van der Waals surface area contributed by atoms with E-state index in [0.29, 0.717) is 13.2 Å². The summed E-state index contributed by atoms with van der Waals surface area (Å²) in [6, 6.07) is 4.19. The number of fused-ring (bicyclic) bond motifs is 1. The molecule has 1 aromatic rings. The molecule has 6 heteroatoms. The number of ketones is 1. The standard InChI is InChI=1S/C15H17FN2O3/c1-2-17-6-7-21-10(8-17)9-18-13-11(14(19)15(18)20)4-3-5-12(13)16/h3-5,10H,2,6-9H2,1H3. The minimum atomic E-state index is -0.674. The fourth-order valence-electron chi connectivity index (χ4n) is 2.87. The number of halogens is 1. The van der Waals surface area contributed by atoms with Gasteiger partial charge in [-0.3, -0.25) is 19.4 Å². The van der Waals surface area contributed by atoms with E-state index in [1.807, 2.05) is 0 Å². The van der Waals surface area contributed by atoms with Crippen LogP contribution in [0.15, 0.2) is 18.2 Å². The summed E-state index contributed by atoms with van der Waals surface area (Å²) in [4.78, 5) is 27.4. The van der Waals surface area contributed by atoms with Crippen LogP contribution < -0.4 is 4.90 Å². The van der Waals surface area contributed by atoms with Crippen LogP contribution in [0.25, 0.3) is 0 Å². The zero-order valence-corrected chi connectivity index (χ0v) is 11.8. The molecule has 1 fully saturated rings. The lowest BCUT2D eigenvalue weighted by Gasteiger charge is -2.34. The van der Waals surface area contributed by atoms with Crippen molar-refractivity contribution >= 4 is 17.4 Å². The van der Waals surface area contributed by atoms with E-state index < -0.39 is 17.5 Å². The van der Waals surface area contributed by atoms with Gasteiger partial charge in [-0.05, 0) is 18.7 Å². The van der Waals surface area contributed by atoms with Crippen LogP contribution in [0.4, 0.5) is 10.1 Å². The van der Waals surface area contributed by atoms with Gasteiger partial charge in [0.1, 0.15) is 5.82 Å². The molecule has 0 saturated carbocycles. The molecule has 1 saturated heterocycles. The van der Waals surface area contributed by atoms with Crippen LogP contribution >= 0.6 is 0 Å². The molecule has 112 valence electrons. The van der Waals surface area contributed by atoms with Crippen molar-refractivity contribution in [3.05, 3.63) is 29.6 Å². The van der Waals surface area contributed by atoms with E-state index >= 15 is 0 Å². The van der Waals surface area contributed by atoms with E-state index in [1.165, 1.54) is 23.1 Å². The molecule has 0 radical (unpaired) electrons. The van der Waals surface area contributed by atoms with Crippen LogP contribution in [0.1, 0.15) is 17.3 Å². The number of Topliss-reactive ketones (excluding diaryl/α,β-unsaturated/α-hetero) is 1. The van der Waals surface area contributed by atoms with Crippen molar-refractivity contribution in [3.63, 3.8) is 0 Å². The Morgan fingerprint density at radius 1 is 1.38 bits per heavy atom. The van der Waals surface area contributed by atoms with E-state index in [4.69, 9.17) is 4.74 Å². The number of ether oxygens (including phenoxy) is 1. The second-order valence-electron chi connectivity index (χ2n) is 5.27. The van der Waals surface area contributed by atoms with Crippen molar-refractivity contribution < 1.29 is 18.7 Å². The predicted molar refractivity (Wildman–Crippen MR) is 74.9 cm³/mol. The number of amides is 1. The van der Waals surface area contributed by atoms with Gasteiger partial charge in [-0.2, -0.15) is 0 Å². The Hall–Kier alpha value is -1.79. The summed E-state index contributed by atoms with van der Waals surface area (Å²) in [5.74, 6) is -1.87. The summed E-state index contributed by atoms with van der Waals surface area (Å²) in [5, 5.41) is 0. The SMILES string of the molecule is CCN1CCOC(CN2C(=O)C(=O)c3cccc(F)c32)C1. The van der Waals surface area contributed by atoms with Crippen molar-refractivity contribution in [3.8, 4) is 0 Å². The van der Waals surface area contributed by atoms with Crippen LogP contribution in [0.2, 0.25) is 0 Å². The number of morpholine rings is 1. The second-order valence-corrected chi connectivity index (χ2v) is 5.27. The third kappa shape index (κ3) is 2.45. The van der Waals surface area contributed by atoms with Crippen LogP contribution in [0, 0.1) is 5.82 Å². The van der Waals surface area contributed by atoms with Gasteiger partial charge in [0.05, 0.1) is 30.5 Å². The van der Waals surface area contributed by atoms with Gasteiger partial charge < -0.3 is 4.74 Å². The molecule has 3 rings (SSSR count). The van der Waals surface area contributed by atoms with Crippen LogP contribution in [0.5, 0.6) is 0 Å². The number of nitrogens with zero attached hydrogens (tertiary/aromatic N) is 2. The first-order valence-electron chi connectivity index (χ1n) is 7.10. The summed E-state index contributed by atoms with van der Waals surface area (Å²) >= 11 is 0. The molecule has 5 nitrogen and oxygen atoms in total. The number of benzene rings is 1. The van der Waals surface area contributed by atoms with Crippen LogP contribution in [-0.2, 0) is 9.53 Å². The third-order valence-electron chi connectivity index (χ3n) is 4.00. The average Bonchev–Trinajstić information content (AvgIpc) is 2.74. The lowest BCUT2D eigenvalue weighted by Crippen LogP contribution is -2.48. The molecule has 1 amide bonds. The number of likely N-dealkylation sites (N-methyl/N-ethyl adjacent to an activating group) is 1. The normalized spacial score (nSPS) is 22.8. The van der Waals surface area contributed by atoms with Crippen molar-refractivity contribution in [1.82, 2.24) is 4.90 Å². The number of rotatable bonds is 3. The smallest absolute Gasteiger partial charge is 0.299 e. The molecule has 0 spiro atoms. The van der Waals surface area contributed by atoms with Crippen molar-refractivity contribution in [2.45, 2.75) is 13.0 Å². The van der Waals surface area contributed by atoms with Gasteiger partial charge in [-0.15, -0.1) is 0 Å². The van der Waals surface area contributed by atoms with Crippen molar-refractivity contribution in [1.29, 1.82) is 0 Å². The molecule has 0 aliphatic carbocycles. The highest BCUT2D eigenvalue weighted by atomic mass is 19.1. The minimum absolute atomic E-state index is 0.0877. The first-order valence-corrected chi connectivity index (χ1v) is 7.10. The summed E-state index contributed by atoms with van der Waals surface area (Å²) in [5.41, 5.74) is 0.230. The summed E-state index contributed by atoms with van der Waals surface area (Å²) in [6.45, 7) is 5.27. The van der Waals surface area contributed by atoms with E-state index in [0.717, 1.165) is 13.1 Å². The van der Waals surface area contributed by atoms with E-state index in [1.54, 1.807) is 0 Å². The van der Waals surface area contributed by atoms with Crippen molar-refractivity contribution in [2.24, 2.45) is 0 Å². The molecule has 2 heterocycles. The Labute approximate surface area is 122 Å². The van der Waals surface area contributed by atoms with E-state index in [-0.39, 0.29) is 23.9 Å². The summed E-state index contributed by atoms with van der Waals surface area (Å²) < 4.78 is 19.6. The van der Waals surface area contributed by atoms with Crippen molar-refractivity contribution in [2.75, 3.05) is 37.7 Å². The lowest BCUT2D eigenvalue weighted by atomic mass is 10.1. The molecule has 2 aliphatic heterocycles. The van der Waals surface area contributed by atoms with Gasteiger partial charge in [0.15, 0.2) is 0 Å². The van der Waals surface area contributed by atoms with Gasteiger partial charge in [0.25, 0.3) is 11.7 Å². The second kappa shape index (κ2) is 5.54. The highest BCUT2D eigenvalue weighted by Crippen LogP contribution is 2.32. The van der Waals surface area contributed by atoms with Gasteiger partial charge in [-0.1, -0.05) is 13.0 Å². The maximum absolute atomic E-state index is 14.0. The molecule has 1 atom stereocenters. The number of para-hydroxylation sites is 1. The molecule has 0 aromatic heterocycles. The first-order chi connectivity index (χ1) is 10.1. The molecular weight excluding hydrogens is 275 g/mol. The number of carbonyl (C=O) groups is 2. The molecule has 2 aliphatic rings. The highest BCUT2D eigenvalue weighted by Gasteiger charge is 2.39. The number of carbonyl (C=O) groups excluding carboxylic acids is 2. The summed E-state index contributed by atoms with van der Waals surface area (Å²) in [6.07, 6.45) is -0.207. The fourth-order valence-corrected chi connectivity index (χ4v) is 2.87. The van der Waals surface area contributed by atoms with Gasteiger partial charge >= 0.3 is 0 Å². The fraction of sp³-hybridized carbons (Fsp3) is 0.467. The number of hydrogen-bond acceptors (Lipinski definition) is 4.